The molecule has 3 heteroatoms. The highest BCUT2D eigenvalue weighted by molar-refractivity contribution is 6.34. The van der Waals surface area contributed by atoms with Gasteiger partial charge in [-0.15, -0.1) is 0 Å². The van der Waals surface area contributed by atoms with E-state index in [1.165, 1.54) is 0 Å². The maximum Gasteiger partial charge on any atom is 0.0670 e. The number of hydrogen-bond donors (Lipinski definition) is 2. The zero-order valence-electron chi connectivity index (χ0n) is 6.68. The first-order valence-electron chi connectivity index (χ1n) is 4.02. The van der Waals surface area contributed by atoms with Crippen molar-refractivity contribution in [2.45, 2.75) is 18.9 Å². The van der Waals surface area contributed by atoms with Gasteiger partial charge in [-0.3, -0.25) is 0 Å². The highest BCUT2D eigenvalue weighted by atomic mass is 35.5. The van der Waals surface area contributed by atoms with Crippen LogP contribution in [0.5, 0.6) is 0 Å². The Morgan fingerprint density at radius 3 is 2.92 bits per heavy atom. The van der Waals surface area contributed by atoms with Gasteiger partial charge in [-0.1, -0.05) is 17.7 Å². The number of benzene rings is 1. The van der Waals surface area contributed by atoms with Crippen molar-refractivity contribution in [2.75, 3.05) is 5.73 Å². The number of nitrogen functional groups attached to an aromatic ring is 1. The maximum atomic E-state index is 6.02. The Balaban J connectivity index is 2.60. The fourth-order valence-corrected chi connectivity index (χ4v) is 1.98. The fourth-order valence-electron chi connectivity index (χ4n) is 1.71. The second kappa shape index (κ2) is 2.64. The van der Waals surface area contributed by atoms with Gasteiger partial charge in [0, 0.05) is 6.04 Å². The minimum absolute atomic E-state index is 0.151. The van der Waals surface area contributed by atoms with E-state index < -0.39 is 0 Å². The average Bonchev–Trinajstić information content (AvgIpc) is 2.41. The molecule has 4 N–H and O–H groups in total. The van der Waals surface area contributed by atoms with Crippen LogP contribution in [0.1, 0.15) is 23.6 Å². The minimum atomic E-state index is 0.151. The van der Waals surface area contributed by atoms with Crippen LogP contribution in [0.25, 0.3) is 0 Å². The summed E-state index contributed by atoms with van der Waals surface area (Å²) in [6.45, 7) is 0. The molecule has 0 aromatic heterocycles. The number of hydrogen-bond acceptors (Lipinski definition) is 2. The minimum Gasteiger partial charge on any atom is -0.398 e. The van der Waals surface area contributed by atoms with Crippen molar-refractivity contribution in [3.05, 3.63) is 28.3 Å². The van der Waals surface area contributed by atoms with Crippen LogP contribution in [0.15, 0.2) is 12.1 Å². The Bertz CT molecular complexity index is 323. The number of fused-ring (bicyclic) bond motifs is 1. The van der Waals surface area contributed by atoms with E-state index in [0.717, 1.165) is 24.0 Å². The van der Waals surface area contributed by atoms with E-state index >= 15 is 0 Å². The second-order valence-corrected chi connectivity index (χ2v) is 3.56. The average molecular weight is 183 g/mol. The lowest BCUT2D eigenvalue weighted by molar-refractivity contribution is 0.713. The van der Waals surface area contributed by atoms with Crippen LogP contribution in [-0.2, 0) is 6.42 Å². The first-order valence-corrected chi connectivity index (χ1v) is 4.40. The normalized spacial score (nSPS) is 21.0. The van der Waals surface area contributed by atoms with Crippen molar-refractivity contribution in [2.24, 2.45) is 5.73 Å². The van der Waals surface area contributed by atoms with Gasteiger partial charge in [0.2, 0.25) is 0 Å². The summed E-state index contributed by atoms with van der Waals surface area (Å²) in [5.41, 5.74) is 14.5. The van der Waals surface area contributed by atoms with Gasteiger partial charge in [-0.05, 0) is 30.0 Å². The van der Waals surface area contributed by atoms with Gasteiger partial charge in [0.1, 0.15) is 0 Å². The van der Waals surface area contributed by atoms with Crippen molar-refractivity contribution in [3.8, 4) is 0 Å². The predicted octanol–water partition coefficient (Wildman–Crippen LogP) is 1.87. The molecule has 1 aromatic rings. The molecule has 64 valence electrons. The largest absolute Gasteiger partial charge is 0.398 e. The summed E-state index contributed by atoms with van der Waals surface area (Å²) in [6.07, 6.45) is 1.94. The molecule has 1 aliphatic rings. The number of anilines is 1. The number of nitrogens with two attached hydrogens (primary N) is 2. The zero-order valence-corrected chi connectivity index (χ0v) is 7.43. The Hall–Kier alpha value is -0.730. The molecular formula is C9H11ClN2. The molecule has 1 aromatic carbocycles. The quantitative estimate of drug-likeness (QED) is 0.602. The summed E-state index contributed by atoms with van der Waals surface area (Å²) in [5.74, 6) is 0. The summed E-state index contributed by atoms with van der Waals surface area (Å²) in [5, 5.41) is 0.695. The van der Waals surface area contributed by atoms with E-state index in [4.69, 9.17) is 23.1 Å². The third kappa shape index (κ3) is 0.993. The van der Waals surface area contributed by atoms with Crippen LogP contribution in [-0.4, -0.2) is 0 Å². The van der Waals surface area contributed by atoms with Gasteiger partial charge in [-0.2, -0.15) is 0 Å². The van der Waals surface area contributed by atoms with Crippen molar-refractivity contribution in [1.82, 2.24) is 0 Å². The summed E-state index contributed by atoms with van der Waals surface area (Å²) < 4.78 is 0. The van der Waals surface area contributed by atoms with Gasteiger partial charge in [-0.25, -0.2) is 0 Å². The fraction of sp³-hybridized carbons (Fsp3) is 0.333. The predicted molar refractivity (Wildman–Crippen MR) is 51.1 cm³/mol. The molecule has 2 rings (SSSR count). The van der Waals surface area contributed by atoms with Gasteiger partial charge in [0.15, 0.2) is 0 Å². The van der Waals surface area contributed by atoms with Crippen LogP contribution in [0, 0.1) is 0 Å². The molecule has 0 aliphatic heterocycles. The maximum absolute atomic E-state index is 6.02. The smallest absolute Gasteiger partial charge is 0.0670 e. The van der Waals surface area contributed by atoms with Crippen molar-refractivity contribution in [1.29, 1.82) is 0 Å². The van der Waals surface area contributed by atoms with Crippen LogP contribution in [0.4, 0.5) is 5.69 Å². The number of rotatable bonds is 0. The van der Waals surface area contributed by atoms with Crippen LogP contribution < -0.4 is 11.5 Å². The van der Waals surface area contributed by atoms with Gasteiger partial charge in [0.05, 0.1) is 10.7 Å². The third-order valence-electron chi connectivity index (χ3n) is 2.41. The molecule has 0 heterocycles. The first-order chi connectivity index (χ1) is 5.70. The summed E-state index contributed by atoms with van der Waals surface area (Å²) in [6, 6.07) is 3.96. The van der Waals surface area contributed by atoms with Crippen molar-refractivity contribution < 1.29 is 0 Å². The molecule has 12 heavy (non-hydrogen) atoms. The molecule has 0 radical (unpaired) electrons. The van der Waals surface area contributed by atoms with Gasteiger partial charge in [0.25, 0.3) is 0 Å². The third-order valence-corrected chi connectivity index (χ3v) is 2.86. The molecule has 2 nitrogen and oxygen atoms in total. The Kier molecular flexibility index (Phi) is 1.74. The summed E-state index contributed by atoms with van der Waals surface area (Å²) >= 11 is 6.02. The molecule has 0 saturated carbocycles. The van der Waals surface area contributed by atoms with Crippen molar-refractivity contribution >= 4 is 17.3 Å². The van der Waals surface area contributed by atoms with E-state index in [0.29, 0.717) is 10.7 Å². The Morgan fingerprint density at radius 1 is 1.42 bits per heavy atom. The van der Waals surface area contributed by atoms with E-state index in [1.54, 1.807) is 0 Å². The Labute approximate surface area is 76.5 Å². The first kappa shape index (κ1) is 7.90. The molecule has 0 spiro atoms. The van der Waals surface area contributed by atoms with E-state index in [-0.39, 0.29) is 6.04 Å². The standard InChI is InChI=1S/C9H11ClN2/c10-9-6-2-3-7(11)5(6)1-4-8(9)12/h1,4,7H,2-3,11-12H2. The molecular weight excluding hydrogens is 172 g/mol. The van der Waals surface area contributed by atoms with Crippen molar-refractivity contribution in [3.63, 3.8) is 0 Å². The van der Waals surface area contributed by atoms with Gasteiger partial charge >= 0.3 is 0 Å². The molecule has 0 amide bonds. The Morgan fingerprint density at radius 2 is 2.17 bits per heavy atom. The number of halogens is 1. The molecule has 1 atom stereocenters. The summed E-state index contributed by atoms with van der Waals surface area (Å²) in [7, 11) is 0. The lowest BCUT2D eigenvalue weighted by atomic mass is 10.1. The lowest BCUT2D eigenvalue weighted by Gasteiger charge is -2.06. The summed E-state index contributed by atoms with van der Waals surface area (Å²) in [4.78, 5) is 0. The lowest BCUT2D eigenvalue weighted by Crippen LogP contribution is -2.05. The second-order valence-electron chi connectivity index (χ2n) is 3.18. The molecule has 0 bridgehead atoms. The van der Waals surface area contributed by atoms with E-state index in [9.17, 15) is 0 Å². The van der Waals surface area contributed by atoms with E-state index in [1.807, 2.05) is 12.1 Å². The molecule has 1 unspecified atom stereocenters. The molecule has 1 aliphatic carbocycles. The van der Waals surface area contributed by atoms with E-state index in [2.05, 4.69) is 0 Å². The molecule has 0 fully saturated rings. The topological polar surface area (TPSA) is 52.0 Å². The van der Waals surface area contributed by atoms with Gasteiger partial charge < -0.3 is 11.5 Å². The molecule has 0 saturated heterocycles. The highest BCUT2D eigenvalue weighted by Crippen LogP contribution is 2.36. The van der Waals surface area contributed by atoms with Crippen LogP contribution in [0.2, 0.25) is 5.02 Å². The highest BCUT2D eigenvalue weighted by Gasteiger charge is 2.21. The van der Waals surface area contributed by atoms with Crippen LogP contribution in [0.3, 0.4) is 0 Å². The zero-order chi connectivity index (χ0) is 8.72. The SMILES string of the molecule is Nc1ccc2c(c1Cl)CCC2N. The monoisotopic (exact) mass is 182 g/mol. The van der Waals surface area contributed by atoms with Crippen LogP contribution >= 0.6 is 11.6 Å².